The molecule has 24 heavy (non-hydrogen) atoms. The van der Waals surface area contributed by atoms with Crippen molar-refractivity contribution >= 4 is 15.7 Å². The highest BCUT2D eigenvalue weighted by Crippen LogP contribution is 2.15. The van der Waals surface area contributed by atoms with Crippen LogP contribution in [0.25, 0.3) is 0 Å². The number of imidazole rings is 1. The number of aryl methyl sites for hydroxylation is 1. The number of aromatic nitrogens is 2. The van der Waals surface area contributed by atoms with Gasteiger partial charge in [-0.05, 0) is 24.1 Å². The molecule has 128 valence electrons. The zero-order valence-corrected chi connectivity index (χ0v) is 14.4. The number of nitrogens with zero attached hydrogens (tertiary/aromatic N) is 2. The average Bonchev–Trinajstić information content (AvgIpc) is 3.03. The highest BCUT2D eigenvalue weighted by molar-refractivity contribution is 7.91. The second kappa shape index (κ2) is 6.76. The van der Waals surface area contributed by atoms with Crippen molar-refractivity contribution in [3.05, 3.63) is 48.0 Å². The summed E-state index contributed by atoms with van der Waals surface area (Å²) in [5.74, 6) is 1.09. The van der Waals surface area contributed by atoms with Gasteiger partial charge in [0.2, 0.25) is 5.91 Å². The highest BCUT2D eigenvalue weighted by Gasteiger charge is 2.20. The molecular weight excluding hydrogens is 326 g/mol. The monoisotopic (exact) mass is 347 g/mol. The first kappa shape index (κ1) is 16.7. The zero-order valence-electron chi connectivity index (χ0n) is 13.6. The van der Waals surface area contributed by atoms with E-state index in [2.05, 4.69) is 14.9 Å². The lowest BCUT2D eigenvalue weighted by Crippen LogP contribution is -2.41. The average molecular weight is 347 g/mol. The number of hydrogen-bond donors (Lipinski definition) is 1. The number of nitrogens with one attached hydrogen (secondary N) is 1. The fraction of sp³-hybridized carbons (Fsp3) is 0.412. The summed E-state index contributed by atoms with van der Waals surface area (Å²) in [4.78, 5) is 16.8. The molecule has 6 nitrogen and oxygen atoms in total. The Hall–Kier alpha value is -2.15. The van der Waals surface area contributed by atoms with Crippen molar-refractivity contribution in [3.63, 3.8) is 0 Å². The topological polar surface area (TPSA) is 81.1 Å². The summed E-state index contributed by atoms with van der Waals surface area (Å²) < 4.78 is 25.6. The second-order valence-electron chi connectivity index (χ2n) is 6.02. The van der Waals surface area contributed by atoms with Crippen LogP contribution in [-0.4, -0.2) is 35.7 Å². The Morgan fingerprint density at radius 2 is 2.08 bits per heavy atom. The molecule has 1 aromatic heterocycles. The van der Waals surface area contributed by atoms with Crippen LogP contribution in [0.5, 0.6) is 0 Å². The van der Waals surface area contributed by atoms with Gasteiger partial charge >= 0.3 is 0 Å². The standard InChI is InChI=1S/C17H21N3O3S/c1-2-24(22,23)15-6-3-13(4-7-15)11-17(21)19-14-5-8-16-18-9-10-20(16)12-14/h3-4,6-7,9-10,14H,2,5,8,11-12H2,1H3,(H,19,21)/t14-/m1/s1. The number of benzene rings is 1. The van der Waals surface area contributed by atoms with Gasteiger partial charge in [-0.2, -0.15) is 0 Å². The van der Waals surface area contributed by atoms with E-state index in [-0.39, 0.29) is 24.1 Å². The summed E-state index contributed by atoms with van der Waals surface area (Å²) in [6.45, 7) is 2.36. The molecule has 7 heteroatoms. The van der Waals surface area contributed by atoms with E-state index in [4.69, 9.17) is 0 Å². The first-order chi connectivity index (χ1) is 11.5. The number of fused-ring (bicyclic) bond motifs is 1. The zero-order chi connectivity index (χ0) is 17.2. The molecule has 2 heterocycles. The molecule has 1 amide bonds. The largest absolute Gasteiger partial charge is 0.351 e. The molecule has 0 spiro atoms. The fourth-order valence-electron chi connectivity index (χ4n) is 2.93. The second-order valence-corrected chi connectivity index (χ2v) is 8.30. The Bertz CT molecular complexity index is 825. The summed E-state index contributed by atoms with van der Waals surface area (Å²) >= 11 is 0. The van der Waals surface area contributed by atoms with Gasteiger partial charge in [0.25, 0.3) is 0 Å². The Labute approximate surface area is 141 Å². The Morgan fingerprint density at radius 1 is 1.33 bits per heavy atom. The first-order valence-corrected chi connectivity index (χ1v) is 9.74. The molecular formula is C17H21N3O3S. The first-order valence-electron chi connectivity index (χ1n) is 8.09. The molecule has 0 radical (unpaired) electrons. The quantitative estimate of drug-likeness (QED) is 0.885. The number of hydrogen-bond acceptors (Lipinski definition) is 4. The third kappa shape index (κ3) is 3.67. The predicted molar refractivity (Wildman–Crippen MR) is 90.4 cm³/mol. The van der Waals surface area contributed by atoms with Crippen LogP contribution in [-0.2, 0) is 34.0 Å². The van der Waals surface area contributed by atoms with E-state index in [1.807, 2.05) is 6.20 Å². The van der Waals surface area contributed by atoms with E-state index in [1.165, 1.54) is 0 Å². The normalized spacial score (nSPS) is 17.3. The SMILES string of the molecule is CCS(=O)(=O)c1ccc(CC(=O)N[C@@H]2CCc3nccn3C2)cc1. The molecule has 0 aliphatic carbocycles. The molecule has 2 aromatic rings. The third-order valence-electron chi connectivity index (χ3n) is 4.33. The van der Waals surface area contributed by atoms with Crippen LogP contribution in [0.2, 0.25) is 0 Å². The van der Waals surface area contributed by atoms with Gasteiger partial charge in [-0.3, -0.25) is 4.79 Å². The number of carbonyl (C=O) groups is 1. The van der Waals surface area contributed by atoms with Crippen LogP contribution < -0.4 is 5.32 Å². The lowest BCUT2D eigenvalue weighted by Gasteiger charge is -2.24. The lowest BCUT2D eigenvalue weighted by atomic mass is 10.1. The van der Waals surface area contributed by atoms with Crippen LogP contribution >= 0.6 is 0 Å². The smallest absolute Gasteiger partial charge is 0.224 e. The summed E-state index contributed by atoms with van der Waals surface area (Å²) in [5, 5.41) is 3.05. The van der Waals surface area contributed by atoms with Crippen molar-refractivity contribution in [3.8, 4) is 0 Å². The molecule has 0 fully saturated rings. The van der Waals surface area contributed by atoms with Crippen LogP contribution in [0.1, 0.15) is 24.7 Å². The number of amides is 1. The van der Waals surface area contributed by atoms with E-state index < -0.39 is 9.84 Å². The minimum atomic E-state index is -3.20. The van der Waals surface area contributed by atoms with Gasteiger partial charge < -0.3 is 9.88 Å². The molecule has 0 unspecified atom stereocenters. The van der Waals surface area contributed by atoms with E-state index in [0.29, 0.717) is 4.90 Å². The maximum absolute atomic E-state index is 12.2. The maximum atomic E-state index is 12.2. The van der Waals surface area contributed by atoms with Crippen molar-refractivity contribution in [1.29, 1.82) is 0 Å². The lowest BCUT2D eigenvalue weighted by molar-refractivity contribution is -0.121. The number of carbonyl (C=O) groups excluding carboxylic acids is 1. The molecule has 0 bridgehead atoms. The Kier molecular flexibility index (Phi) is 4.71. The van der Waals surface area contributed by atoms with Crippen molar-refractivity contribution in [2.24, 2.45) is 0 Å². The van der Waals surface area contributed by atoms with Gasteiger partial charge in [-0.15, -0.1) is 0 Å². The molecule has 0 saturated carbocycles. The van der Waals surface area contributed by atoms with Gasteiger partial charge in [0.05, 0.1) is 17.1 Å². The summed E-state index contributed by atoms with van der Waals surface area (Å²) in [6.07, 6.45) is 5.71. The van der Waals surface area contributed by atoms with Crippen molar-refractivity contribution in [2.75, 3.05) is 5.75 Å². The highest BCUT2D eigenvalue weighted by atomic mass is 32.2. The minimum Gasteiger partial charge on any atom is -0.351 e. The fourth-order valence-corrected chi connectivity index (χ4v) is 3.81. The van der Waals surface area contributed by atoms with Gasteiger partial charge in [-0.1, -0.05) is 19.1 Å². The predicted octanol–water partition coefficient (Wildman–Crippen LogP) is 1.35. The number of sulfone groups is 1. The maximum Gasteiger partial charge on any atom is 0.224 e. The summed E-state index contributed by atoms with van der Waals surface area (Å²) in [5.41, 5.74) is 0.807. The van der Waals surface area contributed by atoms with Gasteiger partial charge in [-0.25, -0.2) is 13.4 Å². The van der Waals surface area contributed by atoms with Crippen molar-refractivity contribution in [2.45, 2.75) is 43.7 Å². The molecule has 1 N–H and O–H groups in total. The molecule has 1 aromatic carbocycles. The Balaban J connectivity index is 1.58. The van der Waals surface area contributed by atoms with Crippen molar-refractivity contribution < 1.29 is 13.2 Å². The molecule has 1 aliphatic heterocycles. The molecule has 3 rings (SSSR count). The third-order valence-corrected chi connectivity index (χ3v) is 6.08. The van der Waals surface area contributed by atoms with Gasteiger partial charge in [0.1, 0.15) is 5.82 Å². The number of rotatable bonds is 5. The van der Waals surface area contributed by atoms with Crippen LogP contribution in [0, 0.1) is 0 Å². The van der Waals surface area contributed by atoms with Crippen LogP contribution in [0.3, 0.4) is 0 Å². The van der Waals surface area contributed by atoms with E-state index in [0.717, 1.165) is 30.8 Å². The minimum absolute atomic E-state index is 0.0466. The van der Waals surface area contributed by atoms with Crippen molar-refractivity contribution in [1.82, 2.24) is 14.9 Å². The van der Waals surface area contributed by atoms with E-state index in [1.54, 1.807) is 37.4 Å². The van der Waals surface area contributed by atoms with E-state index in [9.17, 15) is 13.2 Å². The van der Waals surface area contributed by atoms with E-state index >= 15 is 0 Å². The Morgan fingerprint density at radius 3 is 2.79 bits per heavy atom. The molecule has 1 aliphatic rings. The molecule has 0 saturated heterocycles. The van der Waals surface area contributed by atoms with Gasteiger partial charge in [0.15, 0.2) is 9.84 Å². The molecule has 1 atom stereocenters. The van der Waals surface area contributed by atoms with Crippen LogP contribution in [0.4, 0.5) is 0 Å². The van der Waals surface area contributed by atoms with Gasteiger partial charge in [0, 0.05) is 31.4 Å². The van der Waals surface area contributed by atoms with Crippen LogP contribution in [0.15, 0.2) is 41.6 Å². The summed E-state index contributed by atoms with van der Waals surface area (Å²) in [7, 11) is -3.20. The summed E-state index contributed by atoms with van der Waals surface area (Å²) in [6, 6.07) is 6.66.